The number of methoxy groups -OCH3 is 1. The first kappa shape index (κ1) is 12.5. The van der Waals surface area contributed by atoms with Crippen molar-refractivity contribution in [3.63, 3.8) is 0 Å². The monoisotopic (exact) mass is 223 g/mol. The highest BCUT2D eigenvalue weighted by Gasteiger charge is 2.14. The number of furan rings is 1. The van der Waals surface area contributed by atoms with Crippen LogP contribution < -0.4 is 5.32 Å². The summed E-state index contributed by atoms with van der Waals surface area (Å²) in [4.78, 5) is 11.2. The first-order chi connectivity index (χ1) is 7.54. The molecule has 0 fully saturated rings. The average Bonchev–Trinajstić information content (AvgIpc) is 2.74. The van der Waals surface area contributed by atoms with Gasteiger partial charge in [0.25, 0.3) is 0 Å². The molecule has 1 atom stereocenters. The van der Waals surface area contributed by atoms with Crippen molar-refractivity contribution in [2.75, 3.05) is 13.7 Å². The zero-order valence-corrected chi connectivity index (χ0v) is 9.87. The lowest BCUT2D eigenvalue weighted by Crippen LogP contribution is -2.19. The van der Waals surface area contributed by atoms with Crippen LogP contribution in [0, 0.1) is 0 Å². The van der Waals surface area contributed by atoms with E-state index in [1.165, 1.54) is 7.11 Å². The molecule has 88 valence electrons. The van der Waals surface area contributed by atoms with Gasteiger partial charge in [0.2, 0.25) is 5.76 Å². The Kier molecular flexibility index (Phi) is 4.31. The van der Waals surface area contributed by atoms with Crippen molar-refractivity contribution in [3.8, 4) is 0 Å². The van der Waals surface area contributed by atoms with Gasteiger partial charge in [-0.2, -0.15) is 0 Å². The quantitative estimate of drug-likeness (QED) is 0.614. The molecule has 4 nitrogen and oxygen atoms in total. The number of esters is 1. The third-order valence-corrected chi connectivity index (χ3v) is 2.15. The topological polar surface area (TPSA) is 51.5 Å². The Morgan fingerprint density at radius 3 is 2.88 bits per heavy atom. The molecule has 1 heterocycles. The van der Waals surface area contributed by atoms with Gasteiger partial charge in [0.15, 0.2) is 0 Å². The van der Waals surface area contributed by atoms with Gasteiger partial charge < -0.3 is 14.5 Å². The zero-order chi connectivity index (χ0) is 12.1. The molecule has 1 unspecified atom stereocenters. The largest absolute Gasteiger partial charge is 0.463 e. The highest BCUT2D eigenvalue weighted by Crippen LogP contribution is 2.16. The summed E-state index contributed by atoms with van der Waals surface area (Å²) in [7, 11) is 1.33. The van der Waals surface area contributed by atoms with Gasteiger partial charge in [0.05, 0.1) is 13.2 Å². The van der Waals surface area contributed by atoms with E-state index in [2.05, 4.69) is 16.6 Å². The van der Waals surface area contributed by atoms with E-state index in [0.29, 0.717) is 5.76 Å². The van der Waals surface area contributed by atoms with Crippen LogP contribution in [0.2, 0.25) is 0 Å². The fourth-order valence-electron chi connectivity index (χ4n) is 1.22. The van der Waals surface area contributed by atoms with E-state index in [1.807, 2.05) is 13.8 Å². The van der Waals surface area contributed by atoms with Crippen molar-refractivity contribution >= 4 is 5.97 Å². The number of hydrogen-bond donors (Lipinski definition) is 1. The Morgan fingerprint density at radius 1 is 1.62 bits per heavy atom. The molecule has 0 aliphatic carbocycles. The van der Waals surface area contributed by atoms with E-state index in [0.717, 1.165) is 12.1 Å². The highest BCUT2D eigenvalue weighted by molar-refractivity contribution is 5.86. The molecule has 1 rings (SSSR count). The van der Waals surface area contributed by atoms with Crippen LogP contribution in [0.25, 0.3) is 0 Å². The molecule has 0 bridgehead atoms. The lowest BCUT2D eigenvalue weighted by molar-refractivity contribution is 0.0562. The molecule has 4 heteroatoms. The molecule has 0 radical (unpaired) electrons. The van der Waals surface area contributed by atoms with Crippen LogP contribution in [-0.2, 0) is 4.74 Å². The van der Waals surface area contributed by atoms with E-state index in [9.17, 15) is 4.79 Å². The predicted octanol–water partition coefficient (Wildman–Crippen LogP) is 2.29. The molecule has 1 N–H and O–H groups in total. The second-order valence-electron chi connectivity index (χ2n) is 3.75. The number of ether oxygens (including phenoxy) is 1. The Morgan fingerprint density at radius 2 is 2.31 bits per heavy atom. The minimum atomic E-state index is -0.460. The molecule has 0 spiro atoms. The van der Waals surface area contributed by atoms with Gasteiger partial charge in [-0.05, 0) is 26.0 Å². The van der Waals surface area contributed by atoms with Gasteiger partial charge in [-0.3, -0.25) is 0 Å². The summed E-state index contributed by atoms with van der Waals surface area (Å²) in [5.74, 6) is 0.474. The molecule has 0 saturated carbocycles. The summed E-state index contributed by atoms with van der Waals surface area (Å²) < 4.78 is 9.92. The summed E-state index contributed by atoms with van der Waals surface area (Å²) in [5, 5.41) is 3.22. The first-order valence-electron chi connectivity index (χ1n) is 5.10. The maximum absolute atomic E-state index is 11.2. The summed E-state index contributed by atoms with van der Waals surface area (Å²) in [6.07, 6.45) is 0. The lowest BCUT2D eigenvalue weighted by Gasteiger charge is -2.10. The summed E-state index contributed by atoms with van der Waals surface area (Å²) in [5.41, 5.74) is 1.05. The maximum atomic E-state index is 11.2. The number of rotatable bonds is 5. The Labute approximate surface area is 95.3 Å². The van der Waals surface area contributed by atoms with Crippen LogP contribution in [0.4, 0.5) is 0 Å². The lowest BCUT2D eigenvalue weighted by atomic mass is 10.2. The fraction of sp³-hybridized carbons (Fsp3) is 0.417. The third kappa shape index (κ3) is 3.24. The van der Waals surface area contributed by atoms with Crippen molar-refractivity contribution in [2.24, 2.45) is 0 Å². The fourth-order valence-corrected chi connectivity index (χ4v) is 1.22. The molecular weight excluding hydrogens is 206 g/mol. The molecule has 0 aromatic carbocycles. The second-order valence-corrected chi connectivity index (χ2v) is 3.75. The minimum absolute atomic E-state index is 0.0371. The van der Waals surface area contributed by atoms with Crippen molar-refractivity contribution in [1.29, 1.82) is 0 Å². The van der Waals surface area contributed by atoms with Gasteiger partial charge in [-0.25, -0.2) is 4.79 Å². The van der Waals surface area contributed by atoms with Crippen molar-refractivity contribution in [1.82, 2.24) is 5.32 Å². The highest BCUT2D eigenvalue weighted by atomic mass is 16.5. The van der Waals surface area contributed by atoms with E-state index in [4.69, 9.17) is 4.42 Å². The van der Waals surface area contributed by atoms with E-state index >= 15 is 0 Å². The molecule has 0 saturated heterocycles. The van der Waals surface area contributed by atoms with E-state index in [-0.39, 0.29) is 11.8 Å². The minimum Gasteiger partial charge on any atom is -0.463 e. The van der Waals surface area contributed by atoms with Crippen LogP contribution in [0.5, 0.6) is 0 Å². The summed E-state index contributed by atoms with van der Waals surface area (Å²) >= 11 is 0. The van der Waals surface area contributed by atoms with Gasteiger partial charge in [0, 0.05) is 6.54 Å². The summed E-state index contributed by atoms with van der Waals surface area (Å²) in [6, 6.07) is 3.41. The number of carbonyl (C=O) groups is 1. The molecule has 1 aromatic rings. The predicted molar refractivity (Wildman–Crippen MR) is 61.3 cm³/mol. The van der Waals surface area contributed by atoms with Gasteiger partial charge in [-0.1, -0.05) is 12.2 Å². The molecule has 1 aromatic heterocycles. The van der Waals surface area contributed by atoms with Gasteiger partial charge in [-0.15, -0.1) is 0 Å². The normalized spacial score (nSPS) is 12.2. The van der Waals surface area contributed by atoms with Crippen LogP contribution in [-0.4, -0.2) is 19.6 Å². The number of carbonyl (C=O) groups excluding carboxylic acids is 1. The van der Waals surface area contributed by atoms with Crippen LogP contribution >= 0.6 is 0 Å². The van der Waals surface area contributed by atoms with Crippen molar-refractivity contribution in [2.45, 2.75) is 19.9 Å². The molecule has 16 heavy (non-hydrogen) atoms. The zero-order valence-electron chi connectivity index (χ0n) is 9.87. The SMILES string of the molecule is C=C(C)CNC(C)c1ccc(C(=O)OC)o1. The summed E-state index contributed by atoms with van der Waals surface area (Å²) in [6.45, 7) is 8.43. The smallest absolute Gasteiger partial charge is 0.373 e. The van der Waals surface area contributed by atoms with Gasteiger partial charge >= 0.3 is 5.97 Å². The molecule has 0 amide bonds. The van der Waals surface area contributed by atoms with Crippen molar-refractivity contribution in [3.05, 3.63) is 35.8 Å². The van der Waals surface area contributed by atoms with Crippen LogP contribution in [0.3, 0.4) is 0 Å². The third-order valence-electron chi connectivity index (χ3n) is 2.15. The van der Waals surface area contributed by atoms with Crippen molar-refractivity contribution < 1.29 is 13.9 Å². The molecule has 0 aliphatic rings. The Bertz CT molecular complexity index is 381. The molecule has 0 aliphatic heterocycles. The number of hydrogen-bond acceptors (Lipinski definition) is 4. The van der Waals surface area contributed by atoms with E-state index in [1.54, 1.807) is 12.1 Å². The number of nitrogens with one attached hydrogen (secondary N) is 1. The van der Waals surface area contributed by atoms with Gasteiger partial charge in [0.1, 0.15) is 5.76 Å². The van der Waals surface area contributed by atoms with Crippen LogP contribution in [0.1, 0.15) is 36.2 Å². The second kappa shape index (κ2) is 5.51. The first-order valence-corrected chi connectivity index (χ1v) is 5.10. The average molecular weight is 223 g/mol. The van der Waals surface area contributed by atoms with Crippen LogP contribution in [0.15, 0.2) is 28.7 Å². The maximum Gasteiger partial charge on any atom is 0.373 e. The molecular formula is C12H17NO3. The van der Waals surface area contributed by atoms with E-state index < -0.39 is 5.97 Å². The standard InChI is InChI=1S/C12H17NO3/c1-8(2)7-13-9(3)10-5-6-11(16-10)12(14)15-4/h5-6,9,13H,1,7H2,2-4H3. The Balaban J connectivity index is 2.63. The Hall–Kier alpha value is -1.55.